The summed E-state index contributed by atoms with van der Waals surface area (Å²) in [6, 6.07) is -0.586. The van der Waals surface area contributed by atoms with E-state index < -0.39 is 11.9 Å². The summed E-state index contributed by atoms with van der Waals surface area (Å²) < 4.78 is 12.3. The molecule has 1 atom stereocenters. The van der Waals surface area contributed by atoms with Gasteiger partial charge in [0.1, 0.15) is 0 Å². The number of nitrogens with zero attached hydrogens (tertiary/aromatic N) is 1. The van der Waals surface area contributed by atoms with Gasteiger partial charge in [0.2, 0.25) is 0 Å². The molecule has 0 spiro atoms. The highest BCUT2D eigenvalue weighted by atomic mass is 19.2. The van der Waals surface area contributed by atoms with Gasteiger partial charge in [-0.05, 0) is 6.42 Å². The lowest BCUT2D eigenvalue weighted by Crippen LogP contribution is -2.27. The van der Waals surface area contributed by atoms with E-state index in [1.807, 2.05) is 0 Å². The number of hydrogen-bond donors (Lipinski definition) is 1. The maximum atomic E-state index is 12.3. The smallest absolute Gasteiger partial charge is 0.250 e. The van der Waals surface area contributed by atoms with Crippen LogP contribution in [0.4, 0.5) is 4.48 Å². The summed E-state index contributed by atoms with van der Waals surface area (Å²) in [6.45, 7) is -0.276. The first-order chi connectivity index (χ1) is 4.25. The lowest BCUT2D eigenvalue weighted by atomic mass is 10.2. The molecule has 1 unspecified atom stereocenters. The average molecular weight is 133 g/mol. The Labute approximate surface area is 52.0 Å². The van der Waals surface area contributed by atoms with Crippen molar-refractivity contribution in [3.8, 4) is 0 Å². The molecule has 0 saturated carbocycles. The van der Waals surface area contributed by atoms with E-state index in [2.05, 4.69) is 0 Å². The van der Waals surface area contributed by atoms with Crippen LogP contribution in [0.25, 0.3) is 0 Å². The van der Waals surface area contributed by atoms with E-state index in [4.69, 9.17) is 5.11 Å². The Morgan fingerprint density at radius 3 is 2.78 bits per heavy atom. The van der Waals surface area contributed by atoms with Crippen LogP contribution in [0.5, 0.6) is 0 Å². The van der Waals surface area contributed by atoms with Crippen molar-refractivity contribution < 1.29 is 14.4 Å². The predicted octanol–water partition coefficient (Wildman–Crippen LogP) is -0.146. The number of amides is 1. The van der Waals surface area contributed by atoms with Crippen molar-refractivity contribution in [3.63, 3.8) is 0 Å². The molecule has 1 amide bonds. The van der Waals surface area contributed by atoms with Crippen LogP contribution in [0.3, 0.4) is 0 Å². The molecule has 1 N–H and O–H groups in total. The highest BCUT2D eigenvalue weighted by Gasteiger charge is 2.30. The maximum absolute atomic E-state index is 12.3. The highest BCUT2D eigenvalue weighted by Crippen LogP contribution is 2.17. The van der Waals surface area contributed by atoms with Gasteiger partial charge in [-0.25, -0.2) is 0 Å². The Morgan fingerprint density at radius 1 is 1.89 bits per heavy atom. The SMILES string of the molecule is O=C1CCC(CO)N1F. The van der Waals surface area contributed by atoms with Gasteiger partial charge in [0.05, 0.1) is 12.6 Å². The van der Waals surface area contributed by atoms with Crippen LogP contribution in [0.1, 0.15) is 12.8 Å². The van der Waals surface area contributed by atoms with Gasteiger partial charge in [0.15, 0.2) is 0 Å². The zero-order valence-corrected chi connectivity index (χ0v) is 4.88. The third-order valence-electron chi connectivity index (χ3n) is 1.46. The van der Waals surface area contributed by atoms with Gasteiger partial charge in [0, 0.05) is 6.42 Å². The number of rotatable bonds is 1. The van der Waals surface area contributed by atoms with E-state index in [9.17, 15) is 9.28 Å². The van der Waals surface area contributed by atoms with Crippen molar-refractivity contribution in [2.24, 2.45) is 0 Å². The molecule has 1 aliphatic rings. The summed E-state index contributed by atoms with van der Waals surface area (Å²) in [7, 11) is 0. The fourth-order valence-electron chi connectivity index (χ4n) is 0.877. The Bertz CT molecular complexity index is 128. The summed E-state index contributed by atoms with van der Waals surface area (Å²) in [5, 5.41) is 8.53. The molecule has 1 saturated heterocycles. The van der Waals surface area contributed by atoms with E-state index in [1.54, 1.807) is 0 Å². The molecule has 0 aromatic carbocycles. The van der Waals surface area contributed by atoms with E-state index >= 15 is 0 Å². The number of carbonyl (C=O) groups excluding carboxylic acids is 1. The minimum absolute atomic E-state index is 0.111. The number of halogens is 1. The molecule has 3 nitrogen and oxygen atoms in total. The number of hydrogen-bond acceptors (Lipinski definition) is 2. The second kappa shape index (κ2) is 2.31. The molecular formula is C5H8FNO2. The van der Waals surface area contributed by atoms with Crippen LogP contribution < -0.4 is 0 Å². The summed E-state index contributed by atoms with van der Waals surface area (Å²) in [4.78, 5) is 10.4. The first-order valence-electron chi connectivity index (χ1n) is 2.84. The van der Waals surface area contributed by atoms with Crippen molar-refractivity contribution >= 4 is 5.91 Å². The lowest BCUT2D eigenvalue weighted by molar-refractivity contribution is -0.145. The molecule has 52 valence electrons. The van der Waals surface area contributed by atoms with Crippen molar-refractivity contribution in [1.82, 2.24) is 5.12 Å². The molecule has 0 aliphatic carbocycles. The zero-order valence-electron chi connectivity index (χ0n) is 4.88. The van der Waals surface area contributed by atoms with Gasteiger partial charge in [-0.3, -0.25) is 4.79 Å². The van der Waals surface area contributed by atoms with Gasteiger partial charge in [0.25, 0.3) is 5.91 Å². The van der Waals surface area contributed by atoms with Crippen LogP contribution in [0, 0.1) is 0 Å². The van der Waals surface area contributed by atoms with E-state index in [-0.39, 0.29) is 18.1 Å². The fraction of sp³-hybridized carbons (Fsp3) is 0.800. The molecule has 0 aromatic heterocycles. The standard InChI is InChI=1S/C5H8FNO2/c6-7-4(3-8)1-2-5(7)9/h4,8H,1-3H2. The molecule has 4 heteroatoms. The molecule has 0 bridgehead atoms. The molecule has 1 fully saturated rings. The minimum Gasteiger partial charge on any atom is -0.394 e. The van der Waals surface area contributed by atoms with E-state index in [0.29, 0.717) is 6.42 Å². The summed E-state index contributed by atoms with van der Waals surface area (Å²) in [6.07, 6.45) is 0.660. The first kappa shape index (κ1) is 6.48. The molecule has 1 rings (SSSR count). The first-order valence-corrected chi connectivity index (χ1v) is 2.84. The van der Waals surface area contributed by atoms with Gasteiger partial charge >= 0.3 is 0 Å². The molecule has 0 radical (unpaired) electrons. The number of aliphatic hydroxyl groups excluding tert-OH is 1. The van der Waals surface area contributed by atoms with Crippen LogP contribution in [0.15, 0.2) is 0 Å². The predicted molar refractivity (Wildman–Crippen MR) is 28.1 cm³/mol. The quantitative estimate of drug-likeness (QED) is 0.505. The molecule has 1 heterocycles. The van der Waals surface area contributed by atoms with E-state index in [0.717, 1.165) is 0 Å². The fourth-order valence-corrected chi connectivity index (χ4v) is 0.877. The summed E-state index contributed by atoms with van der Waals surface area (Å²) in [5.74, 6) is -0.519. The second-order valence-electron chi connectivity index (χ2n) is 2.08. The number of aliphatic hydroxyl groups is 1. The molecule has 0 aromatic rings. The van der Waals surface area contributed by atoms with Crippen LogP contribution in [-0.2, 0) is 4.79 Å². The van der Waals surface area contributed by atoms with Crippen molar-refractivity contribution in [2.45, 2.75) is 18.9 Å². The summed E-state index contributed by atoms with van der Waals surface area (Å²) in [5.41, 5.74) is 0. The lowest BCUT2D eigenvalue weighted by Gasteiger charge is -2.09. The highest BCUT2D eigenvalue weighted by molar-refractivity contribution is 5.77. The Balaban J connectivity index is 2.51. The Morgan fingerprint density at radius 2 is 2.56 bits per heavy atom. The average Bonchev–Trinajstić information content (AvgIpc) is 2.15. The van der Waals surface area contributed by atoms with Crippen molar-refractivity contribution in [2.75, 3.05) is 6.61 Å². The zero-order chi connectivity index (χ0) is 6.85. The van der Waals surface area contributed by atoms with E-state index in [1.165, 1.54) is 0 Å². The van der Waals surface area contributed by atoms with Gasteiger partial charge in [-0.1, -0.05) is 4.48 Å². The third kappa shape index (κ3) is 1.03. The molecule has 9 heavy (non-hydrogen) atoms. The normalized spacial score (nSPS) is 27.6. The Kier molecular flexibility index (Phi) is 1.66. The molecular weight excluding hydrogens is 125 g/mol. The van der Waals surface area contributed by atoms with Gasteiger partial charge in [-0.2, -0.15) is 5.12 Å². The largest absolute Gasteiger partial charge is 0.394 e. The van der Waals surface area contributed by atoms with Crippen LogP contribution >= 0.6 is 0 Å². The third-order valence-corrected chi connectivity index (χ3v) is 1.46. The van der Waals surface area contributed by atoms with Gasteiger partial charge in [-0.15, -0.1) is 0 Å². The monoisotopic (exact) mass is 133 g/mol. The number of carbonyl (C=O) groups is 1. The second-order valence-corrected chi connectivity index (χ2v) is 2.08. The maximum Gasteiger partial charge on any atom is 0.250 e. The van der Waals surface area contributed by atoms with Crippen LogP contribution in [0.2, 0.25) is 0 Å². The van der Waals surface area contributed by atoms with Crippen molar-refractivity contribution in [3.05, 3.63) is 0 Å². The van der Waals surface area contributed by atoms with Gasteiger partial charge < -0.3 is 5.11 Å². The topological polar surface area (TPSA) is 40.5 Å². The Hall–Kier alpha value is -0.640. The van der Waals surface area contributed by atoms with Crippen LogP contribution in [-0.4, -0.2) is 28.8 Å². The van der Waals surface area contributed by atoms with Crippen molar-refractivity contribution in [1.29, 1.82) is 0 Å². The molecule has 1 aliphatic heterocycles. The summed E-state index contributed by atoms with van der Waals surface area (Å²) >= 11 is 0. The minimum atomic E-state index is -0.586.